The smallest absolute Gasteiger partial charge is 0.167 e. The summed E-state index contributed by atoms with van der Waals surface area (Å²) in [6, 6.07) is 32.5. The average molecular weight is 435 g/mol. The summed E-state index contributed by atoms with van der Waals surface area (Å²) in [4.78, 5) is 12.6. The first-order valence-electron chi connectivity index (χ1n) is 10.9. The fourth-order valence-corrected chi connectivity index (χ4v) is 3.60. The van der Waals surface area contributed by atoms with Crippen molar-refractivity contribution in [2.45, 2.75) is 19.4 Å². The van der Waals surface area contributed by atoms with Gasteiger partial charge in [-0.25, -0.2) is 0 Å². The van der Waals surface area contributed by atoms with Crippen LogP contribution in [0.15, 0.2) is 110 Å². The van der Waals surface area contributed by atoms with E-state index >= 15 is 0 Å². The number of carbonyl (C=O) groups excluding carboxylic acids is 1. The molecule has 0 amide bonds. The maximum absolute atomic E-state index is 12.6. The monoisotopic (exact) mass is 434 g/mol. The van der Waals surface area contributed by atoms with Gasteiger partial charge in [-0.2, -0.15) is 0 Å². The number of carbonyl (C=O) groups is 1. The molecule has 0 aliphatic rings. The lowest BCUT2D eigenvalue weighted by atomic mass is 9.97. The van der Waals surface area contributed by atoms with Crippen LogP contribution in [-0.2, 0) is 19.4 Å². The third kappa shape index (κ3) is 6.20. The number of Topliss-reactive ketones (excluding diaryl/α,β-unsaturated/α-hetero) is 1. The molecule has 0 aromatic heterocycles. The summed E-state index contributed by atoms with van der Waals surface area (Å²) in [5, 5.41) is 9.38. The second-order valence-electron chi connectivity index (χ2n) is 8.05. The van der Waals surface area contributed by atoms with E-state index in [9.17, 15) is 9.90 Å². The average Bonchev–Trinajstić information content (AvgIpc) is 2.85. The number of rotatable bonds is 9. The number of aromatic hydroxyl groups is 1. The Morgan fingerprint density at radius 1 is 0.697 bits per heavy atom. The molecule has 0 radical (unpaired) electrons. The van der Waals surface area contributed by atoms with Crippen molar-refractivity contribution in [2.75, 3.05) is 0 Å². The van der Waals surface area contributed by atoms with Gasteiger partial charge in [0.05, 0.1) is 0 Å². The quantitative estimate of drug-likeness (QED) is 0.300. The van der Waals surface area contributed by atoms with Gasteiger partial charge in [0.1, 0.15) is 18.1 Å². The highest BCUT2D eigenvalue weighted by Crippen LogP contribution is 2.23. The number of benzene rings is 4. The van der Waals surface area contributed by atoms with Gasteiger partial charge in [-0.05, 0) is 58.5 Å². The zero-order valence-corrected chi connectivity index (χ0v) is 18.4. The molecular formula is C30H26O3. The Kier molecular flexibility index (Phi) is 7.01. The molecule has 3 nitrogen and oxygen atoms in total. The van der Waals surface area contributed by atoms with E-state index in [2.05, 4.69) is 6.58 Å². The zero-order chi connectivity index (χ0) is 23.0. The van der Waals surface area contributed by atoms with Crippen molar-refractivity contribution in [3.63, 3.8) is 0 Å². The summed E-state index contributed by atoms with van der Waals surface area (Å²) in [6.07, 6.45) is 0.997. The van der Waals surface area contributed by atoms with Crippen LogP contribution in [0.1, 0.15) is 32.6 Å². The van der Waals surface area contributed by atoms with Crippen LogP contribution in [0.3, 0.4) is 0 Å². The second kappa shape index (κ2) is 10.5. The fourth-order valence-electron chi connectivity index (χ4n) is 3.60. The fraction of sp³-hybridized carbons (Fsp3) is 0.100. The van der Waals surface area contributed by atoms with Gasteiger partial charge in [-0.15, -0.1) is 0 Å². The first-order chi connectivity index (χ1) is 16.1. The van der Waals surface area contributed by atoms with Crippen LogP contribution in [0.5, 0.6) is 11.5 Å². The van der Waals surface area contributed by atoms with Crippen molar-refractivity contribution in [1.29, 1.82) is 0 Å². The van der Waals surface area contributed by atoms with E-state index in [4.69, 9.17) is 4.74 Å². The molecular weight excluding hydrogens is 408 g/mol. The van der Waals surface area contributed by atoms with E-state index in [1.165, 1.54) is 0 Å². The molecule has 0 fully saturated rings. The summed E-state index contributed by atoms with van der Waals surface area (Å²) in [5.41, 5.74) is 5.80. The van der Waals surface area contributed by atoms with Crippen LogP contribution in [0.25, 0.3) is 5.57 Å². The molecule has 0 heterocycles. The maximum Gasteiger partial charge on any atom is 0.167 e. The Balaban J connectivity index is 1.35. The van der Waals surface area contributed by atoms with Crippen LogP contribution in [0.2, 0.25) is 0 Å². The van der Waals surface area contributed by atoms with Gasteiger partial charge in [0.15, 0.2) is 5.78 Å². The minimum absolute atomic E-state index is 0.0503. The van der Waals surface area contributed by atoms with Gasteiger partial charge in [-0.3, -0.25) is 4.79 Å². The van der Waals surface area contributed by atoms with E-state index in [-0.39, 0.29) is 11.5 Å². The summed E-state index contributed by atoms with van der Waals surface area (Å²) < 4.78 is 5.94. The number of hydrogen-bond acceptors (Lipinski definition) is 3. The van der Waals surface area contributed by atoms with Crippen molar-refractivity contribution in [3.8, 4) is 11.5 Å². The largest absolute Gasteiger partial charge is 0.508 e. The second-order valence-corrected chi connectivity index (χ2v) is 8.05. The molecule has 1 N–H and O–H groups in total. The molecule has 0 aliphatic heterocycles. The summed E-state index contributed by atoms with van der Waals surface area (Å²) in [5.74, 6) is 1.06. The highest BCUT2D eigenvalue weighted by Gasteiger charge is 2.09. The highest BCUT2D eigenvalue weighted by atomic mass is 16.5. The Morgan fingerprint density at radius 2 is 1.36 bits per heavy atom. The van der Waals surface area contributed by atoms with Crippen molar-refractivity contribution in [3.05, 3.63) is 138 Å². The molecule has 0 bridgehead atoms. The minimum Gasteiger partial charge on any atom is -0.508 e. The third-order valence-corrected chi connectivity index (χ3v) is 5.49. The number of ether oxygens (including phenoxy) is 1. The Bertz CT molecular complexity index is 1220. The Hall–Kier alpha value is -4.11. The van der Waals surface area contributed by atoms with Crippen LogP contribution < -0.4 is 4.74 Å². The van der Waals surface area contributed by atoms with Crippen molar-refractivity contribution in [2.24, 2.45) is 0 Å². The predicted octanol–water partition coefficient (Wildman–Crippen LogP) is 6.65. The van der Waals surface area contributed by atoms with Gasteiger partial charge in [0, 0.05) is 12.0 Å². The van der Waals surface area contributed by atoms with Gasteiger partial charge in [0.2, 0.25) is 0 Å². The molecule has 33 heavy (non-hydrogen) atoms. The van der Waals surface area contributed by atoms with Crippen LogP contribution in [0.4, 0.5) is 0 Å². The third-order valence-electron chi connectivity index (χ3n) is 5.49. The van der Waals surface area contributed by atoms with Crippen LogP contribution in [-0.4, -0.2) is 10.9 Å². The standard InChI is InChI=1S/C30H26O3/c1-22(27-8-5-9-29(20-27)33-21-25-6-3-2-4-7-25)18-23-10-14-26(15-11-23)30(32)19-24-12-16-28(31)17-13-24/h2-17,20,31H,1,18-19,21H2. The number of allylic oxidation sites excluding steroid dienone is 1. The molecule has 0 aliphatic carbocycles. The van der Waals surface area contributed by atoms with Gasteiger partial charge in [-0.1, -0.05) is 85.4 Å². The van der Waals surface area contributed by atoms with Gasteiger partial charge in [0.25, 0.3) is 0 Å². The molecule has 164 valence electrons. The molecule has 4 aromatic carbocycles. The highest BCUT2D eigenvalue weighted by molar-refractivity contribution is 5.97. The molecule has 0 spiro atoms. The number of phenolic OH excluding ortho intramolecular Hbond substituents is 1. The molecule has 0 saturated heterocycles. The van der Waals surface area contributed by atoms with Crippen molar-refractivity contribution >= 4 is 11.4 Å². The van der Waals surface area contributed by atoms with E-state index < -0.39 is 0 Å². The molecule has 4 aromatic rings. The summed E-state index contributed by atoms with van der Waals surface area (Å²) in [6.45, 7) is 4.78. The Morgan fingerprint density at radius 3 is 2.09 bits per heavy atom. The molecule has 0 saturated carbocycles. The van der Waals surface area contributed by atoms with Crippen LogP contribution in [0, 0.1) is 0 Å². The van der Waals surface area contributed by atoms with Crippen molar-refractivity contribution in [1.82, 2.24) is 0 Å². The summed E-state index contributed by atoms with van der Waals surface area (Å²) >= 11 is 0. The Labute approximate surface area is 194 Å². The number of phenols is 1. The topological polar surface area (TPSA) is 46.5 Å². The van der Waals surface area contributed by atoms with E-state index in [0.717, 1.165) is 33.6 Å². The zero-order valence-electron chi connectivity index (χ0n) is 18.4. The first-order valence-corrected chi connectivity index (χ1v) is 10.9. The van der Waals surface area contributed by atoms with E-state index in [0.29, 0.717) is 25.0 Å². The lowest BCUT2D eigenvalue weighted by molar-refractivity contribution is 0.0993. The lowest BCUT2D eigenvalue weighted by Gasteiger charge is -2.11. The van der Waals surface area contributed by atoms with E-state index in [1.54, 1.807) is 24.3 Å². The maximum atomic E-state index is 12.6. The van der Waals surface area contributed by atoms with Gasteiger partial charge < -0.3 is 9.84 Å². The minimum atomic E-state index is 0.0503. The first kappa shape index (κ1) is 22.1. The summed E-state index contributed by atoms with van der Waals surface area (Å²) in [7, 11) is 0. The normalized spacial score (nSPS) is 10.5. The molecule has 0 unspecified atom stereocenters. The molecule has 0 atom stereocenters. The predicted molar refractivity (Wildman–Crippen MR) is 133 cm³/mol. The number of ketones is 1. The van der Waals surface area contributed by atoms with Crippen LogP contribution >= 0.6 is 0 Å². The van der Waals surface area contributed by atoms with E-state index in [1.807, 2.05) is 78.9 Å². The lowest BCUT2D eigenvalue weighted by Crippen LogP contribution is -2.03. The SMILES string of the molecule is C=C(Cc1ccc(C(=O)Cc2ccc(O)cc2)cc1)c1cccc(OCc2ccccc2)c1. The van der Waals surface area contributed by atoms with Gasteiger partial charge >= 0.3 is 0 Å². The molecule has 3 heteroatoms. The van der Waals surface area contributed by atoms with Crippen molar-refractivity contribution < 1.29 is 14.6 Å². The number of hydrogen-bond donors (Lipinski definition) is 1. The molecule has 4 rings (SSSR count).